The van der Waals surface area contributed by atoms with E-state index in [2.05, 4.69) is 6.92 Å². The molecule has 1 fully saturated rings. The fourth-order valence-corrected chi connectivity index (χ4v) is 3.38. The van der Waals surface area contributed by atoms with Gasteiger partial charge >= 0.3 is 11.9 Å². The second-order valence-corrected chi connectivity index (χ2v) is 7.45. The molecule has 1 aliphatic carbocycles. The molecule has 0 amide bonds. The third-order valence-electron chi connectivity index (χ3n) is 4.58. The fraction of sp³-hybridized carbons (Fsp3) is 0.895. The van der Waals surface area contributed by atoms with E-state index < -0.39 is 0 Å². The van der Waals surface area contributed by atoms with Gasteiger partial charge in [0.15, 0.2) is 0 Å². The van der Waals surface area contributed by atoms with Crippen LogP contribution in [0.2, 0.25) is 0 Å². The lowest BCUT2D eigenvalue weighted by molar-refractivity contribution is -0.149. The van der Waals surface area contributed by atoms with E-state index in [0.717, 1.165) is 51.4 Å². The normalized spacial score (nSPS) is 22.0. The van der Waals surface area contributed by atoms with E-state index in [4.69, 9.17) is 21.1 Å². The van der Waals surface area contributed by atoms with Crippen LogP contribution < -0.4 is 0 Å². The van der Waals surface area contributed by atoms with E-state index in [9.17, 15) is 9.59 Å². The van der Waals surface area contributed by atoms with E-state index in [1.165, 1.54) is 0 Å². The van der Waals surface area contributed by atoms with E-state index in [-0.39, 0.29) is 42.2 Å². The molecule has 0 heterocycles. The van der Waals surface area contributed by atoms with Crippen LogP contribution in [0.15, 0.2) is 0 Å². The first-order valence-corrected chi connectivity index (χ1v) is 9.95. The molecule has 0 radical (unpaired) electrons. The molecule has 0 aromatic heterocycles. The summed E-state index contributed by atoms with van der Waals surface area (Å²) in [5, 5.41) is 0.121. The van der Waals surface area contributed by atoms with Gasteiger partial charge in [-0.3, -0.25) is 9.59 Å². The van der Waals surface area contributed by atoms with Crippen LogP contribution in [-0.4, -0.2) is 30.0 Å². The van der Waals surface area contributed by atoms with Crippen LogP contribution in [0.4, 0.5) is 0 Å². The average Bonchev–Trinajstić information content (AvgIpc) is 2.54. The van der Waals surface area contributed by atoms with Gasteiger partial charge in [-0.05, 0) is 39.0 Å². The fourth-order valence-electron chi connectivity index (χ4n) is 3.02. The number of ether oxygens (including phenoxy) is 2. The van der Waals surface area contributed by atoms with Crippen molar-refractivity contribution in [1.29, 1.82) is 0 Å². The Balaban J connectivity index is 2.06. The van der Waals surface area contributed by atoms with Crippen LogP contribution in [0.1, 0.15) is 84.5 Å². The van der Waals surface area contributed by atoms with Gasteiger partial charge in [-0.25, -0.2) is 0 Å². The Hall–Kier alpha value is -0.770. The molecular formula is C19H33ClO4. The first-order chi connectivity index (χ1) is 11.5. The number of rotatable bonds is 11. The Bertz CT molecular complexity index is 372. The highest BCUT2D eigenvalue weighted by Gasteiger charge is 2.24. The predicted octanol–water partition coefficient (Wildman–Crippen LogP) is 5.01. The number of carbonyl (C=O) groups is 2. The number of esters is 2. The van der Waals surface area contributed by atoms with E-state index >= 15 is 0 Å². The lowest BCUT2D eigenvalue weighted by Gasteiger charge is -2.26. The second-order valence-electron chi connectivity index (χ2n) is 6.89. The molecule has 1 saturated carbocycles. The molecule has 0 aliphatic heterocycles. The molecule has 0 spiro atoms. The SMILES string of the molecule is CCCCCC(C)OC(=O)CCCC(=O)OCC1CCCCC1Cl. The number of carbonyl (C=O) groups excluding carboxylic acids is 2. The molecule has 0 bridgehead atoms. The zero-order chi connectivity index (χ0) is 17.8. The highest BCUT2D eigenvalue weighted by atomic mass is 35.5. The molecule has 140 valence electrons. The Morgan fingerprint density at radius 1 is 1.08 bits per heavy atom. The molecule has 0 aromatic rings. The van der Waals surface area contributed by atoms with Crippen LogP contribution in [0.3, 0.4) is 0 Å². The van der Waals surface area contributed by atoms with Gasteiger partial charge in [0.05, 0.1) is 12.7 Å². The van der Waals surface area contributed by atoms with Gasteiger partial charge in [0, 0.05) is 24.1 Å². The lowest BCUT2D eigenvalue weighted by Crippen LogP contribution is -2.25. The minimum atomic E-state index is -0.242. The zero-order valence-electron chi connectivity index (χ0n) is 15.2. The molecule has 0 aromatic carbocycles. The summed E-state index contributed by atoms with van der Waals surface area (Å²) in [7, 11) is 0. The van der Waals surface area contributed by atoms with Gasteiger partial charge in [-0.15, -0.1) is 11.6 Å². The van der Waals surface area contributed by atoms with Crippen molar-refractivity contribution in [2.45, 2.75) is 96.0 Å². The molecule has 4 nitrogen and oxygen atoms in total. The van der Waals surface area contributed by atoms with Gasteiger partial charge in [-0.1, -0.05) is 32.6 Å². The van der Waals surface area contributed by atoms with Gasteiger partial charge < -0.3 is 9.47 Å². The Morgan fingerprint density at radius 3 is 2.50 bits per heavy atom. The van der Waals surface area contributed by atoms with E-state index in [0.29, 0.717) is 13.0 Å². The zero-order valence-corrected chi connectivity index (χ0v) is 16.0. The molecule has 24 heavy (non-hydrogen) atoms. The second kappa shape index (κ2) is 12.6. The maximum absolute atomic E-state index is 11.8. The van der Waals surface area contributed by atoms with Crippen molar-refractivity contribution in [2.24, 2.45) is 5.92 Å². The lowest BCUT2D eigenvalue weighted by atomic mass is 9.89. The highest BCUT2D eigenvalue weighted by Crippen LogP contribution is 2.28. The van der Waals surface area contributed by atoms with Crippen LogP contribution in [0.25, 0.3) is 0 Å². The Kier molecular flexibility index (Phi) is 11.1. The summed E-state index contributed by atoms with van der Waals surface area (Å²) < 4.78 is 10.6. The summed E-state index contributed by atoms with van der Waals surface area (Å²) in [5.41, 5.74) is 0. The standard InChI is InChI=1S/C19H33ClO4/c1-3-4-5-9-15(2)24-19(22)13-8-12-18(21)23-14-16-10-6-7-11-17(16)20/h15-17H,3-14H2,1-2H3. The number of hydrogen-bond acceptors (Lipinski definition) is 4. The van der Waals surface area contributed by atoms with E-state index in [1.54, 1.807) is 0 Å². The smallest absolute Gasteiger partial charge is 0.306 e. The largest absolute Gasteiger partial charge is 0.465 e. The molecule has 3 unspecified atom stereocenters. The summed E-state index contributed by atoms with van der Waals surface area (Å²) in [6, 6.07) is 0. The summed E-state index contributed by atoms with van der Waals surface area (Å²) in [4.78, 5) is 23.5. The first-order valence-electron chi connectivity index (χ1n) is 9.52. The quantitative estimate of drug-likeness (QED) is 0.295. The average molecular weight is 361 g/mol. The van der Waals surface area contributed by atoms with Gasteiger partial charge in [0.2, 0.25) is 0 Å². The van der Waals surface area contributed by atoms with Crippen molar-refractivity contribution in [3.05, 3.63) is 0 Å². The summed E-state index contributed by atoms with van der Waals surface area (Å²) in [6.07, 6.45) is 9.65. The number of hydrogen-bond donors (Lipinski definition) is 0. The minimum absolute atomic E-state index is 0.0389. The molecule has 0 saturated heterocycles. The van der Waals surface area contributed by atoms with Crippen molar-refractivity contribution >= 4 is 23.5 Å². The topological polar surface area (TPSA) is 52.6 Å². The summed E-state index contributed by atoms with van der Waals surface area (Å²) in [6.45, 7) is 4.48. The van der Waals surface area contributed by atoms with Gasteiger partial charge in [-0.2, -0.15) is 0 Å². The van der Waals surface area contributed by atoms with E-state index in [1.807, 2.05) is 6.92 Å². The molecule has 0 N–H and O–H groups in total. The third-order valence-corrected chi connectivity index (χ3v) is 5.16. The molecule has 3 atom stereocenters. The molecule has 1 aliphatic rings. The summed E-state index contributed by atoms with van der Waals surface area (Å²) in [5.74, 6) is -0.188. The number of alkyl halides is 1. The number of halogens is 1. The number of unbranched alkanes of at least 4 members (excludes halogenated alkanes) is 2. The molecule has 1 rings (SSSR count). The molecule has 5 heteroatoms. The van der Waals surface area contributed by atoms with Gasteiger partial charge in [0.25, 0.3) is 0 Å². The van der Waals surface area contributed by atoms with Crippen LogP contribution in [-0.2, 0) is 19.1 Å². The van der Waals surface area contributed by atoms with Crippen molar-refractivity contribution in [3.8, 4) is 0 Å². The van der Waals surface area contributed by atoms with Crippen LogP contribution in [0, 0.1) is 5.92 Å². The van der Waals surface area contributed by atoms with Crippen LogP contribution >= 0.6 is 11.6 Å². The van der Waals surface area contributed by atoms with Gasteiger partial charge in [0.1, 0.15) is 0 Å². The summed E-state index contributed by atoms with van der Waals surface area (Å²) >= 11 is 6.25. The van der Waals surface area contributed by atoms with Crippen molar-refractivity contribution < 1.29 is 19.1 Å². The maximum atomic E-state index is 11.8. The molecular weight excluding hydrogens is 328 g/mol. The minimum Gasteiger partial charge on any atom is -0.465 e. The van der Waals surface area contributed by atoms with Crippen molar-refractivity contribution in [2.75, 3.05) is 6.61 Å². The van der Waals surface area contributed by atoms with Crippen molar-refractivity contribution in [1.82, 2.24) is 0 Å². The Morgan fingerprint density at radius 2 is 1.79 bits per heavy atom. The monoisotopic (exact) mass is 360 g/mol. The predicted molar refractivity (Wildman–Crippen MR) is 96.1 cm³/mol. The third kappa shape index (κ3) is 9.51. The van der Waals surface area contributed by atoms with Crippen molar-refractivity contribution in [3.63, 3.8) is 0 Å². The Labute approximate surface area is 151 Å². The maximum Gasteiger partial charge on any atom is 0.306 e. The van der Waals surface area contributed by atoms with Crippen LogP contribution in [0.5, 0.6) is 0 Å². The highest BCUT2D eigenvalue weighted by molar-refractivity contribution is 6.20. The first kappa shape index (κ1) is 21.3.